The number of aromatic nitrogens is 3. The number of anilines is 1. The Kier molecular flexibility index (Phi) is 3.31. The molecule has 114 valence electrons. The lowest BCUT2D eigenvalue weighted by Crippen LogP contribution is -2.28. The van der Waals surface area contributed by atoms with Crippen LogP contribution in [0.3, 0.4) is 0 Å². The smallest absolute Gasteiger partial charge is 0.180 e. The second kappa shape index (κ2) is 5.46. The molecule has 3 aromatic heterocycles. The van der Waals surface area contributed by atoms with Gasteiger partial charge in [0.1, 0.15) is 0 Å². The predicted octanol–water partition coefficient (Wildman–Crippen LogP) is 2.70. The molecule has 0 amide bonds. The Hall–Kier alpha value is -2.34. The maximum atomic E-state index is 9.63. The van der Waals surface area contributed by atoms with Gasteiger partial charge in [-0.1, -0.05) is 0 Å². The molecule has 3 heterocycles. The number of aliphatic hydroxyl groups excluding tert-OH is 1. The van der Waals surface area contributed by atoms with Crippen molar-refractivity contribution in [2.75, 3.05) is 5.32 Å². The van der Waals surface area contributed by atoms with Crippen molar-refractivity contribution in [2.45, 2.75) is 37.8 Å². The molecule has 1 aliphatic carbocycles. The molecule has 1 saturated carbocycles. The summed E-state index contributed by atoms with van der Waals surface area (Å²) in [6, 6.07) is 2.22. The fourth-order valence-electron chi connectivity index (χ4n) is 2.99. The van der Waals surface area contributed by atoms with E-state index in [1.807, 2.05) is 22.9 Å². The standard InChI is InChI=1S/C16H18N4O2/c21-13-3-1-12(2-4-13)18-15-16-17-6-7-20(16)9-14(19-15)11-5-8-22-10-11/h5-10,12-13,21H,1-4H2,(H,18,19). The number of rotatable bonds is 3. The molecule has 0 aromatic carbocycles. The van der Waals surface area contributed by atoms with Crippen molar-refractivity contribution in [3.63, 3.8) is 0 Å². The summed E-state index contributed by atoms with van der Waals surface area (Å²) in [6.45, 7) is 0. The third kappa shape index (κ3) is 2.46. The van der Waals surface area contributed by atoms with Crippen LogP contribution >= 0.6 is 0 Å². The summed E-state index contributed by atoms with van der Waals surface area (Å²) in [6.07, 6.45) is 12.4. The minimum atomic E-state index is -0.158. The maximum Gasteiger partial charge on any atom is 0.180 e. The number of aliphatic hydroxyl groups is 1. The van der Waals surface area contributed by atoms with Gasteiger partial charge >= 0.3 is 0 Å². The second-order valence-electron chi connectivity index (χ2n) is 5.79. The number of hydrogen-bond acceptors (Lipinski definition) is 5. The highest BCUT2D eigenvalue weighted by atomic mass is 16.3. The van der Waals surface area contributed by atoms with E-state index in [0.29, 0.717) is 6.04 Å². The summed E-state index contributed by atoms with van der Waals surface area (Å²) in [5.74, 6) is 0.782. The molecule has 0 spiro atoms. The first-order valence-corrected chi connectivity index (χ1v) is 7.60. The molecule has 0 bridgehead atoms. The molecular weight excluding hydrogens is 280 g/mol. The Morgan fingerprint density at radius 2 is 2.14 bits per heavy atom. The van der Waals surface area contributed by atoms with E-state index in [2.05, 4.69) is 10.3 Å². The highest BCUT2D eigenvalue weighted by Gasteiger charge is 2.21. The van der Waals surface area contributed by atoms with Crippen molar-refractivity contribution in [3.8, 4) is 11.3 Å². The molecule has 1 fully saturated rings. The van der Waals surface area contributed by atoms with E-state index < -0.39 is 0 Å². The summed E-state index contributed by atoms with van der Waals surface area (Å²) in [5, 5.41) is 13.1. The maximum absolute atomic E-state index is 9.63. The molecule has 0 radical (unpaired) electrons. The SMILES string of the molecule is OC1CCC(Nc2nc(-c3ccoc3)cn3ccnc23)CC1. The third-order valence-electron chi connectivity index (χ3n) is 4.23. The summed E-state index contributed by atoms with van der Waals surface area (Å²) in [7, 11) is 0. The van der Waals surface area contributed by atoms with Gasteiger partial charge in [0.2, 0.25) is 0 Å². The number of hydrogen-bond donors (Lipinski definition) is 2. The van der Waals surface area contributed by atoms with Crippen molar-refractivity contribution in [2.24, 2.45) is 0 Å². The first kappa shape index (κ1) is 13.3. The first-order valence-electron chi connectivity index (χ1n) is 7.60. The van der Waals surface area contributed by atoms with Gasteiger partial charge in [-0.3, -0.25) is 0 Å². The molecule has 0 saturated heterocycles. The zero-order valence-electron chi connectivity index (χ0n) is 12.1. The van der Waals surface area contributed by atoms with Crippen LogP contribution in [0.15, 0.2) is 41.6 Å². The Morgan fingerprint density at radius 3 is 2.91 bits per heavy atom. The zero-order valence-corrected chi connectivity index (χ0v) is 12.1. The number of imidazole rings is 1. The third-order valence-corrected chi connectivity index (χ3v) is 4.23. The van der Waals surface area contributed by atoms with Crippen LogP contribution in [0.2, 0.25) is 0 Å². The van der Waals surface area contributed by atoms with Crippen LogP contribution in [-0.2, 0) is 0 Å². The monoisotopic (exact) mass is 298 g/mol. The molecule has 0 unspecified atom stereocenters. The van der Waals surface area contributed by atoms with Gasteiger partial charge in [0.05, 0.1) is 24.3 Å². The summed E-state index contributed by atoms with van der Waals surface area (Å²) >= 11 is 0. The molecular formula is C16H18N4O2. The van der Waals surface area contributed by atoms with Crippen LogP contribution in [0, 0.1) is 0 Å². The minimum absolute atomic E-state index is 0.158. The van der Waals surface area contributed by atoms with Gasteiger partial charge in [-0.05, 0) is 31.7 Å². The number of nitrogens with zero attached hydrogens (tertiary/aromatic N) is 3. The van der Waals surface area contributed by atoms with E-state index in [0.717, 1.165) is 48.4 Å². The largest absolute Gasteiger partial charge is 0.472 e. The minimum Gasteiger partial charge on any atom is -0.472 e. The molecule has 6 heteroatoms. The average molecular weight is 298 g/mol. The second-order valence-corrected chi connectivity index (χ2v) is 5.79. The van der Waals surface area contributed by atoms with Crippen molar-refractivity contribution >= 4 is 11.5 Å². The summed E-state index contributed by atoms with van der Waals surface area (Å²) in [4.78, 5) is 9.10. The molecule has 0 atom stereocenters. The highest BCUT2D eigenvalue weighted by molar-refractivity contribution is 5.69. The Balaban J connectivity index is 1.68. The molecule has 0 aliphatic heterocycles. The lowest BCUT2D eigenvalue weighted by molar-refractivity contribution is 0.126. The van der Waals surface area contributed by atoms with E-state index in [4.69, 9.17) is 9.40 Å². The van der Waals surface area contributed by atoms with Crippen LogP contribution in [-0.4, -0.2) is 31.6 Å². The van der Waals surface area contributed by atoms with Crippen molar-refractivity contribution in [1.82, 2.24) is 14.4 Å². The molecule has 6 nitrogen and oxygen atoms in total. The highest BCUT2D eigenvalue weighted by Crippen LogP contribution is 2.26. The van der Waals surface area contributed by atoms with Crippen LogP contribution in [0.4, 0.5) is 5.82 Å². The van der Waals surface area contributed by atoms with Gasteiger partial charge in [-0.25, -0.2) is 9.97 Å². The Labute approximate surface area is 127 Å². The fourth-order valence-corrected chi connectivity index (χ4v) is 2.99. The van der Waals surface area contributed by atoms with Crippen molar-refractivity contribution in [1.29, 1.82) is 0 Å². The Bertz CT molecular complexity index is 758. The van der Waals surface area contributed by atoms with Gasteiger partial charge < -0.3 is 19.2 Å². The number of furan rings is 1. The number of fused-ring (bicyclic) bond motifs is 1. The van der Waals surface area contributed by atoms with Crippen molar-refractivity contribution in [3.05, 3.63) is 37.2 Å². The lowest BCUT2D eigenvalue weighted by atomic mass is 9.93. The normalized spacial score (nSPS) is 22.0. The Morgan fingerprint density at radius 1 is 1.27 bits per heavy atom. The quantitative estimate of drug-likeness (QED) is 0.777. The predicted molar refractivity (Wildman–Crippen MR) is 82.6 cm³/mol. The number of nitrogens with one attached hydrogen (secondary N) is 1. The van der Waals surface area contributed by atoms with Gasteiger partial charge in [0.15, 0.2) is 11.5 Å². The van der Waals surface area contributed by atoms with E-state index >= 15 is 0 Å². The van der Waals surface area contributed by atoms with Crippen LogP contribution in [0.1, 0.15) is 25.7 Å². The van der Waals surface area contributed by atoms with Crippen LogP contribution < -0.4 is 5.32 Å². The molecule has 3 aromatic rings. The molecule has 2 N–H and O–H groups in total. The average Bonchev–Trinajstić information content (AvgIpc) is 3.20. The van der Waals surface area contributed by atoms with E-state index in [1.54, 1.807) is 18.7 Å². The summed E-state index contributed by atoms with van der Waals surface area (Å²) < 4.78 is 7.12. The van der Waals surface area contributed by atoms with Gasteiger partial charge in [0, 0.05) is 30.2 Å². The van der Waals surface area contributed by atoms with E-state index in [9.17, 15) is 5.11 Å². The van der Waals surface area contributed by atoms with Crippen molar-refractivity contribution < 1.29 is 9.52 Å². The van der Waals surface area contributed by atoms with Gasteiger partial charge in [-0.2, -0.15) is 0 Å². The summed E-state index contributed by atoms with van der Waals surface area (Å²) in [5.41, 5.74) is 2.61. The van der Waals surface area contributed by atoms with E-state index in [-0.39, 0.29) is 6.10 Å². The first-order chi connectivity index (χ1) is 10.8. The van der Waals surface area contributed by atoms with Gasteiger partial charge in [0.25, 0.3) is 0 Å². The molecule has 4 rings (SSSR count). The van der Waals surface area contributed by atoms with E-state index in [1.165, 1.54) is 0 Å². The molecule has 1 aliphatic rings. The lowest BCUT2D eigenvalue weighted by Gasteiger charge is -2.26. The fraction of sp³-hybridized carbons (Fsp3) is 0.375. The van der Waals surface area contributed by atoms with Crippen LogP contribution in [0.25, 0.3) is 16.9 Å². The van der Waals surface area contributed by atoms with Crippen LogP contribution in [0.5, 0.6) is 0 Å². The van der Waals surface area contributed by atoms with Gasteiger partial charge in [-0.15, -0.1) is 0 Å². The molecule has 22 heavy (non-hydrogen) atoms. The topological polar surface area (TPSA) is 75.6 Å². The zero-order chi connectivity index (χ0) is 14.9.